The van der Waals surface area contributed by atoms with Gasteiger partial charge in [-0.15, -0.1) is 0 Å². The van der Waals surface area contributed by atoms with Crippen LogP contribution in [0, 0.1) is 0 Å². The van der Waals surface area contributed by atoms with Crippen LogP contribution in [0.5, 0.6) is 0 Å². The molecule has 2 rings (SSSR count). The van der Waals surface area contributed by atoms with Crippen LogP contribution in [0.15, 0.2) is 35.1 Å². The highest BCUT2D eigenvalue weighted by Crippen LogP contribution is 2.12. The predicted molar refractivity (Wildman–Crippen MR) is 61.9 cm³/mol. The topological polar surface area (TPSA) is 48.0 Å². The molecule has 0 aliphatic carbocycles. The zero-order valence-electron chi connectivity index (χ0n) is 8.73. The van der Waals surface area contributed by atoms with E-state index in [0.29, 0.717) is 13.0 Å². The summed E-state index contributed by atoms with van der Waals surface area (Å²) in [7, 11) is 1.80. The molecule has 0 atom stereocenters. The van der Waals surface area contributed by atoms with Crippen LogP contribution in [-0.2, 0) is 13.5 Å². The molecule has 2 aromatic rings. The quantitative estimate of drug-likeness (QED) is 0.791. The van der Waals surface area contributed by atoms with Gasteiger partial charge >= 0.3 is 0 Å². The largest absolute Gasteiger partial charge is 0.330 e. The summed E-state index contributed by atoms with van der Waals surface area (Å²) in [6.45, 7) is 0.508. The Morgan fingerprint density at radius 2 is 2.07 bits per heavy atom. The second-order valence-corrected chi connectivity index (χ2v) is 3.63. The van der Waals surface area contributed by atoms with Crippen molar-refractivity contribution in [3.63, 3.8) is 0 Å². The molecule has 15 heavy (non-hydrogen) atoms. The number of aromatic nitrogens is 1. The van der Waals surface area contributed by atoms with Crippen molar-refractivity contribution in [3.05, 3.63) is 46.2 Å². The molecule has 0 unspecified atom stereocenters. The van der Waals surface area contributed by atoms with Crippen LogP contribution in [0.3, 0.4) is 0 Å². The van der Waals surface area contributed by atoms with Crippen LogP contribution in [0.4, 0.5) is 0 Å². The molecule has 0 spiro atoms. The summed E-state index contributed by atoms with van der Waals surface area (Å²) < 4.78 is 1.68. The number of aryl methyl sites for hydroxylation is 1. The lowest BCUT2D eigenvalue weighted by Gasteiger charge is -2.07. The van der Waals surface area contributed by atoms with Crippen LogP contribution in [-0.4, -0.2) is 11.1 Å². The molecular formula is C12H14N2O. The summed E-state index contributed by atoms with van der Waals surface area (Å²) in [6, 6.07) is 9.80. The molecule has 3 heteroatoms. The third-order valence-corrected chi connectivity index (χ3v) is 2.62. The maximum Gasteiger partial charge on any atom is 0.254 e. The molecular weight excluding hydrogens is 188 g/mol. The van der Waals surface area contributed by atoms with Gasteiger partial charge in [-0.3, -0.25) is 4.79 Å². The zero-order chi connectivity index (χ0) is 10.8. The van der Waals surface area contributed by atoms with Crippen LogP contribution >= 0.6 is 0 Å². The molecule has 0 fully saturated rings. The second-order valence-electron chi connectivity index (χ2n) is 3.63. The van der Waals surface area contributed by atoms with Crippen molar-refractivity contribution >= 4 is 10.9 Å². The van der Waals surface area contributed by atoms with E-state index in [9.17, 15) is 4.79 Å². The van der Waals surface area contributed by atoms with Crippen molar-refractivity contribution in [2.75, 3.05) is 6.54 Å². The van der Waals surface area contributed by atoms with Crippen LogP contribution in [0.2, 0.25) is 0 Å². The van der Waals surface area contributed by atoms with E-state index >= 15 is 0 Å². The highest BCUT2D eigenvalue weighted by Gasteiger charge is 2.04. The van der Waals surface area contributed by atoms with Crippen LogP contribution in [0.1, 0.15) is 5.56 Å². The lowest BCUT2D eigenvalue weighted by atomic mass is 10.1. The predicted octanol–water partition coefficient (Wildman–Crippen LogP) is 1.04. The lowest BCUT2D eigenvalue weighted by Crippen LogP contribution is -2.23. The number of benzene rings is 1. The van der Waals surface area contributed by atoms with Crippen molar-refractivity contribution in [1.82, 2.24) is 4.57 Å². The molecule has 1 aromatic carbocycles. The smallest absolute Gasteiger partial charge is 0.254 e. The normalized spacial score (nSPS) is 10.8. The zero-order valence-corrected chi connectivity index (χ0v) is 8.73. The summed E-state index contributed by atoms with van der Waals surface area (Å²) >= 11 is 0. The maximum atomic E-state index is 11.9. The molecule has 0 radical (unpaired) electrons. The fraction of sp³-hybridized carbons (Fsp3) is 0.250. The average Bonchev–Trinajstić information content (AvgIpc) is 2.26. The molecule has 78 valence electrons. The van der Waals surface area contributed by atoms with E-state index in [1.807, 2.05) is 30.3 Å². The summed E-state index contributed by atoms with van der Waals surface area (Å²) in [6.07, 6.45) is 0.636. The number of nitrogens with two attached hydrogens (primary N) is 1. The molecule has 0 aliphatic rings. The van der Waals surface area contributed by atoms with Crippen molar-refractivity contribution in [1.29, 1.82) is 0 Å². The number of rotatable bonds is 2. The first-order chi connectivity index (χ1) is 7.24. The van der Waals surface area contributed by atoms with E-state index in [0.717, 1.165) is 16.5 Å². The Kier molecular flexibility index (Phi) is 2.56. The Balaban J connectivity index is 2.77. The van der Waals surface area contributed by atoms with Gasteiger partial charge in [-0.05, 0) is 30.5 Å². The molecule has 0 saturated heterocycles. The van der Waals surface area contributed by atoms with E-state index in [2.05, 4.69) is 0 Å². The van der Waals surface area contributed by atoms with Crippen molar-refractivity contribution < 1.29 is 0 Å². The van der Waals surface area contributed by atoms with Gasteiger partial charge in [-0.2, -0.15) is 0 Å². The van der Waals surface area contributed by atoms with Gasteiger partial charge in [-0.1, -0.05) is 18.2 Å². The van der Waals surface area contributed by atoms with E-state index in [4.69, 9.17) is 5.73 Å². The van der Waals surface area contributed by atoms with Gasteiger partial charge in [0.25, 0.3) is 5.56 Å². The van der Waals surface area contributed by atoms with Gasteiger partial charge in [0.05, 0.1) is 5.52 Å². The highest BCUT2D eigenvalue weighted by atomic mass is 16.1. The average molecular weight is 202 g/mol. The molecule has 2 N–H and O–H groups in total. The van der Waals surface area contributed by atoms with Gasteiger partial charge in [0.1, 0.15) is 0 Å². The minimum atomic E-state index is 0.0548. The van der Waals surface area contributed by atoms with Crippen molar-refractivity contribution in [3.8, 4) is 0 Å². The minimum Gasteiger partial charge on any atom is -0.330 e. The van der Waals surface area contributed by atoms with Crippen molar-refractivity contribution in [2.45, 2.75) is 6.42 Å². The van der Waals surface area contributed by atoms with E-state index in [1.165, 1.54) is 0 Å². The first kappa shape index (κ1) is 9.93. The summed E-state index contributed by atoms with van der Waals surface area (Å²) in [4.78, 5) is 11.9. The minimum absolute atomic E-state index is 0.0548. The third-order valence-electron chi connectivity index (χ3n) is 2.62. The Hall–Kier alpha value is -1.61. The molecule has 1 aromatic heterocycles. The summed E-state index contributed by atoms with van der Waals surface area (Å²) in [5, 5.41) is 1.09. The van der Waals surface area contributed by atoms with Gasteiger partial charge in [0.2, 0.25) is 0 Å². The number of hydrogen-bond acceptors (Lipinski definition) is 2. The SMILES string of the molecule is Cn1c(=O)c(CCN)cc2ccccc21. The highest BCUT2D eigenvalue weighted by molar-refractivity contribution is 5.79. The first-order valence-corrected chi connectivity index (χ1v) is 5.02. The Morgan fingerprint density at radius 1 is 1.33 bits per heavy atom. The lowest BCUT2D eigenvalue weighted by molar-refractivity contribution is 0.857. The molecule has 0 amide bonds. The van der Waals surface area contributed by atoms with E-state index in [-0.39, 0.29) is 5.56 Å². The van der Waals surface area contributed by atoms with Crippen molar-refractivity contribution in [2.24, 2.45) is 12.8 Å². The fourth-order valence-corrected chi connectivity index (χ4v) is 1.82. The third kappa shape index (κ3) is 1.66. The maximum absolute atomic E-state index is 11.9. The molecule has 1 heterocycles. The van der Waals surface area contributed by atoms with Gasteiger partial charge < -0.3 is 10.3 Å². The Bertz CT molecular complexity index is 543. The van der Waals surface area contributed by atoms with Crippen LogP contribution in [0.25, 0.3) is 10.9 Å². The molecule has 3 nitrogen and oxygen atoms in total. The molecule has 0 bridgehead atoms. The van der Waals surface area contributed by atoms with Crippen LogP contribution < -0.4 is 11.3 Å². The Morgan fingerprint density at radius 3 is 2.80 bits per heavy atom. The fourth-order valence-electron chi connectivity index (χ4n) is 1.82. The number of nitrogens with zero attached hydrogens (tertiary/aromatic N) is 1. The first-order valence-electron chi connectivity index (χ1n) is 5.02. The van der Waals surface area contributed by atoms with Gasteiger partial charge in [0, 0.05) is 12.6 Å². The monoisotopic (exact) mass is 202 g/mol. The molecule has 0 saturated carbocycles. The van der Waals surface area contributed by atoms with Gasteiger partial charge in [0.15, 0.2) is 0 Å². The molecule has 0 aliphatic heterocycles. The number of fused-ring (bicyclic) bond motifs is 1. The number of pyridine rings is 1. The van der Waals surface area contributed by atoms with Gasteiger partial charge in [-0.25, -0.2) is 0 Å². The summed E-state index contributed by atoms with van der Waals surface area (Å²) in [5.74, 6) is 0. The number of hydrogen-bond donors (Lipinski definition) is 1. The summed E-state index contributed by atoms with van der Waals surface area (Å²) in [5.41, 5.74) is 7.28. The second kappa shape index (κ2) is 3.87. The Labute approximate surface area is 88.1 Å². The number of para-hydroxylation sites is 1. The standard InChI is InChI=1S/C12H14N2O/c1-14-11-5-3-2-4-9(11)8-10(6-7-13)12(14)15/h2-5,8H,6-7,13H2,1H3. The van der Waals surface area contributed by atoms with E-state index < -0.39 is 0 Å². The van der Waals surface area contributed by atoms with E-state index in [1.54, 1.807) is 11.6 Å².